The standard InChI is InChI=1S/C23H16ClF2N5O2/c24-20-19(9-11-28-21(20)27)33-18-8-7-15(12-17(18)26)30-22-16(2-1-10-29-22)23(32)31-14-5-3-13(25)4-6-14/h1-12H,(H2,27,28)(H,29,30)(H,31,32). The van der Waals surface area contributed by atoms with Crippen molar-refractivity contribution in [2.75, 3.05) is 16.4 Å². The van der Waals surface area contributed by atoms with E-state index in [2.05, 4.69) is 20.6 Å². The molecule has 33 heavy (non-hydrogen) atoms. The van der Waals surface area contributed by atoms with Crippen molar-refractivity contribution in [1.82, 2.24) is 9.97 Å². The van der Waals surface area contributed by atoms with Crippen LogP contribution in [0.5, 0.6) is 11.5 Å². The summed E-state index contributed by atoms with van der Waals surface area (Å²) in [5.74, 6) is -1.22. The Kier molecular flexibility index (Phi) is 6.32. The number of nitrogens with zero attached hydrogens (tertiary/aromatic N) is 2. The molecule has 10 heteroatoms. The second-order valence-corrected chi connectivity index (χ2v) is 7.12. The molecule has 0 aliphatic heterocycles. The number of aromatic nitrogens is 2. The lowest BCUT2D eigenvalue weighted by atomic mass is 10.2. The third-order valence-electron chi connectivity index (χ3n) is 4.45. The van der Waals surface area contributed by atoms with Crippen LogP contribution in [0.15, 0.2) is 73.1 Å². The van der Waals surface area contributed by atoms with Crippen LogP contribution in [-0.4, -0.2) is 15.9 Å². The van der Waals surface area contributed by atoms with Gasteiger partial charge in [-0.1, -0.05) is 11.6 Å². The van der Waals surface area contributed by atoms with Crippen LogP contribution in [0.4, 0.5) is 31.8 Å². The van der Waals surface area contributed by atoms with Crippen molar-refractivity contribution in [1.29, 1.82) is 0 Å². The van der Waals surface area contributed by atoms with E-state index in [-0.39, 0.29) is 33.7 Å². The molecule has 0 aliphatic rings. The SMILES string of the molecule is Nc1nccc(Oc2ccc(Nc3ncccc3C(=O)Nc3ccc(F)cc3)cc2F)c1Cl. The number of amides is 1. The molecule has 2 heterocycles. The van der Waals surface area contributed by atoms with Gasteiger partial charge in [0.1, 0.15) is 22.5 Å². The molecular weight excluding hydrogens is 452 g/mol. The number of nitrogens with two attached hydrogens (primary N) is 1. The Morgan fingerprint density at radius 2 is 1.70 bits per heavy atom. The second kappa shape index (κ2) is 9.49. The maximum Gasteiger partial charge on any atom is 0.259 e. The number of nitrogen functional groups attached to an aromatic ring is 1. The minimum Gasteiger partial charge on any atom is -0.453 e. The first kappa shape index (κ1) is 22.0. The summed E-state index contributed by atoms with van der Waals surface area (Å²) >= 11 is 6.03. The Hall–Kier alpha value is -4.24. The number of anilines is 4. The van der Waals surface area contributed by atoms with Gasteiger partial charge in [-0.25, -0.2) is 18.7 Å². The minimum absolute atomic E-state index is 0.0643. The molecule has 2 aromatic heterocycles. The van der Waals surface area contributed by atoms with Gasteiger partial charge in [0.05, 0.1) is 5.56 Å². The smallest absolute Gasteiger partial charge is 0.259 e. The summed E-state index contributed by atoms with van der Waals surface area (Å²) in [7, 11) is 0. The van der Waals surface area contributed by atoms with Gasteiger partial charge in [0.25, 0.3) is 5.91 Å². The molecule has 0 atom stereocenters. The maximum absolute atomic E-state index is 14.7. The zero-order valence-electron chi connectivity index (χ0n) is 16.9. The molecule has 0 radical (unpaired) electrons. The van der Waals surface area contributed by atoms with Gasteiger partial charge in [0.2, 0.25) is 0 Å². The summed E-state index contributed by atoms with van der Waals surface area (Å²) in [6.07, 6.45) is 2.88. The van der Waals surface area contributed by atoms with Crippen LogP contribution >= 0.6 is 11.6 Å². The highest BCUT2D eigenvalue weighted by molar-refractivity contribution is 6.34. The van der Waals surface area contributed by atoms with E-state index >= 15 is 0 Å². The van der Waals surface area contributed by atoms with Gasteiger partial charge in [0.15, 0.2) is 17.3 Å². The molecule has 4 rings (SSSR count). The molecule has 0 saturated heterocycles. The first-order valence-electron chi connectivity index (χ1n) is 9.57. The Labute approximate surface area is 192 Å². The van der Waals surface area contributed by atoms with Crippen LogP contribution in [0, 0.1) is 11.6 Å². The molecule has 7 nitrogen and oxygen atoms in total. The summed E-state index contributed by atoms with van der Waals surface area (Å²) in [6, 6.07) is 14.1. The van der Waals surface area contributed by atoms with E-state index in [1.165, 1.54) is 54.9 Å². The number of rotatable bonds is 6. The molecular formula is C23H16ClF2N5O2. The van der Waals surface area contributed by atoms with Crippen LogP contribution in [0.1, 0.15) is 10.4 Å². The molecule has 0 bridgehead atoms. The number of carbonyl (C=O) groups is 1. The van der Waals surface area contributed by atoms with Gasteiger partial charge >= 0.3 is 0 Å². The van der Waals surface area contributed by atoms with Crippen molar-refractivity contribution in [3.63, 3.8) is 0 Å². The topological polar surface area (TPSA) is 102 Å². The van der Waals surface area contributed by atoms with E-state index in [1.807, 2.05) is 0 Å². The van der Waals surface area contributed by atoms with Crippen molar-refractivity contribution in [3.05, 3.63) is 95.3 Å². The van der Waals surface area contributed by atoms with E-state index in [9.17, 15) is 13.6 Å². The molecule has 0 saturated carbocycles. The van der Waals surface area contributed by atoms with Crippen molar-refractivity contribution in [2.45, 2.75) is 0 Å². The lowest BCUT2D eigenvalue weighted by molar-refractivity contribution is 0.102. The highest BCUT2D eigenvalue weighted by atomic mass is 35.5. The van der Waals surface area contributed by atoms with Crippen LogP contribution in [-0.2, 0) is 0 Å². The summed E-state index contributed by atoms with van der Waals surface area (Å²) in [5.41, 5.74) is 6.59. The lowest BCUT2D eigenvalue weighted by Crippen LogP contribution is -2.14. The number of carbonyl (C=O) groups excluding carboxylic acids is 1. The third-order valence-corrected chi connectivity index (χ3v) is 4.83. The zero-order valence-corrected chi connectivity index (χ0v) is 17.6. The van der Waals surface area contributed by atoms with E-state index in [0.29, 0.717) is 11.4 Å². The fraction of sp³-hybridized carbons (Fsp3) is 0. The van der Waals surface area contributed by atoms with Crippen molar-refractivity contribution >= 4 is 40.5 Å². The van der Waals surface area contributed by atoms with Gasteiger partial charge < -0.3 is 21.1 Å². The second-order valence-electron chi connectivity index (χ2n) is 6.74. The highest BCUT2D eigenvalue weighted by Gasteiger charge is 2.15. The lowest BCUT2D eigenvalue weighted by Gasteiger charge is -2.13. The van der Waals surface area contributed by atoms with Crippen LogP contribution in [0.25, 0.3) is 0 Å². The number of ether oxygens (including phenoxy) is 1. The first-order valence-corrected chi connectivity index (χ1v) is 9.95. The van der Waals surface area contributed by atoms with E-state index in [1.54, 1.807) is 18.2 Å². The van der Waals surface area contributed by atoms with E-state index < -0.39 is 17.5 Å². The Morgan fingerprint density at radius 1 is 0.939 bits per heavy atom. The Bertz CT molecular complexity index is 1320. The van der Waals surface area contributed by atoms with Gasteiger partial charge in [-0.2, -0.15) is 0 Å². The summed E-state index contributed by atoms with van der Waals surface area (Å²) in [4.78, 5) is 20.7. The predicted molar refractivity (Wildman–Crippen MR) is 122 cm³/mol. The fourth-order valence-electron chi connectivity index (χ4n) is 2.86. The Balaban J connectivity index is 1.52. The summed E-state index contributed by atoms with van der Waals surface area (Å²) in [5, 5.41) is 5.65. The van der Waals surface area contributed by atoms with E-state index in [4.69, 9.17) is 22.1 Å². The zero-order chi connectivity index (χ0) is 23.4. The molecule has 1 amide bonds. The van der Waals surface area contributed by atoms with Crippen LogP contribution in [0.3, 0.4) is 0 Å². The molecule has 4 N–H and O–H groups in total. The molecule has 0 unspecified atom stereocenters. The van der Waals surface area contributed by atoms with Crippen molar-refractivity contribution in [3.8, 4) is 11.5 Å². The largest absolute Gasteiger partial charge is 0.453 e. The van der Waals surface area contributed by atoms with Crippen LogP contribution < -0.4 is 21.1 Å². The summed E-state index contributed by atoms with van der Waals surface area (Å²) < 4.78 is 33.3. The number of pyridine rings is 2. The number of hydrogen-bond acceptors (Lipinski definition) is 6. The monoisotopic (exact) mass is 467 g/mol. The molecule has 0 aliphatic carbocycles. The maximum atomic E-state index is 14.7. The van der Waals surface area contributed by atoms with Gasteiger partial charge in [-0.05, 0) is 48.5 Å². The Morgan fingerprint density at radius 3 is 2.45 bits per heavy atom. The highest BCUT2D eigenvalue weighted by Crippen LogP contribution is 2.34. The molecule has 0 spiro atoms. The number of benzene rings is 2. The average Bonchev–Trinajstić information content (AvgIpc) is 2.80. The number of hydrogen-bond donors (Lipinski definition) is 3. The van der Waals surface area contributed by atoms with Gasteiger partial charge in [0, 0.05) is 35.9 Å². The minimum atomic E-state index is -0.681. The van der Waals surface area contributed by atoms with Crippen molar-refractivity contribution in [2.24, 2.45) is 0 Å². The van der Waals surface area contributed by atoms with Crippen molar-refractivity contribution < 1.29 is 18.3 Å². The quantitative estimate of drug-likeness (QED) is 0.332. The molecule has 166 valence electrons. The van der Waals surface area contributed by atoms with Crippen LogP contribution in [0.2, 0.25) is 5.02 Å². The number of halogens is 3. The average molecular weight is 468 g/mol. The predicted octanol–water partition coefficient (Wildman–Crippen LogP) is 5.78. The summed E-state index contributed by atoms with van der Waals surface area (Å²) in [6.45, 7) is 0. The molecule has 2 aromatic carbocycles. The van der Waals surface area contributed by atoms with E-state index in [0.717, 1.165) is 0 Å². The van der Waals surface area contributed by atoms with Gasteiger partial charge in [-0.3, -0.25) is 4.79 Å². The fourth-order valence-corrected chi connectivity index (χ4v) is 3.01. The first-order chi connectivity index (χ1) is 15.9. The molecule has 4 aromatic rings. The normalized spacial score (nSPS) is 10.5. The molecule has 0 fully saturated rings. The third kappa shape index (κ3) is 5.16. The van der Waals surface area contributed by atoms with Gasteiger partial charge in [-0.15, -0.1) is 0 Å². The number of nitrogens with one attached hydrogen (secondary N) is 2.